The molecule has 0 radical (unpaired) electrons. The van der Waals surface area contributed by atoms with Gasteiger partial charge in [-0.3, -0.25) is 18.7 Å². The number of rotatable bonds is 3. The van der Waals surface area contributed by atoms with Crippen LogP contribution in [0.4, 0.5) is 8.78 Å². The number of hydrogen-bond donors (Lipinski definition) is 1. The Balaban J connectivity index is 1.95. The van der Waals surface area contributed by atoms with Crippen LogP contribution in [0.5, 0.6) is 0 Å². The molecule has 0 saturated heterocycles. The number of benzene rings is 1. The zero-order chi connectivity index (χ0) is 19.9. The zero-order valence-electron chi connectivity index (χ0n) is 14.8. The molecular weight excluding hydrogens is 358 g/mol. The number of nitrogens with one attached hydrogen (secondary N) is 1. The van der Waals surface area contributed by atoms with E-state index in [-0.39, 0.29) is 16.7 Å². The fourth-order valence-corrected chi connectivity index (χ4v) is 2.72. The number of aryl methyl sites for hydroxylation is 1. The van der Waals surface area contributed by atoms with E-state index >= 15 is 0 Å². The molecule has 0 fully saturated rings. The topological polar surface area (TPSA) is 86.0 Å². The van der Waals surface area contributed by atoms with Gasteiger partial charge in [-0.15, -0.1) is 0 Å². The van der Waals surface area contributed by atoms with E-state index in [1.807, 2.05) is 0 Å². The van der Waals surface area contributed by atoms with Crippen molar-refractivity contribution in [2.24, 2.45) is 14.1 Å². The molecule has 3 rings (SSSR count). The largest absolute Gasteiger partial charge is 0.344 e. The van der Waals surface area contributed by atoms with Crippen LogP contribution in [-0.4, -0.2) is 20.0 Å². The van der Waals surface area contributed by atoms with E-state index < -0.39 is 34.8 Å². The van der Waals surface area contributed by atoms with Gasteiger partial charge < -0.3 is 5.32 Å². The third-order valence-electron chi connectivity index (χ3n) is 4.33. The van der Waals surface area contributed by atoms with Crippen molar-refractivity contribution in [3.05, 3.63) is 74.1 Å². The van der Waals surface area contributed by atoms with Crippen LogP contribution in [0.2, 0.25) is 0 Å². The lowest BCUT2D eigenvalue weighted by atomic mass is 10.1. The van der Waals surface area contributed by atoms with E-state index in [0.717, 1.165) is 16.7 Å². The highest BCUT2D eigenvalue weighted by Crippen LogP contribution is 2.16. The molecule has 140 valence electrons. The Hall–Kier alpha value is -3.36. The zero-order valence-corrected chi connectivity index (χ0v) is 14.8. The molecule has 27 heavy (non-hydrogen) atoms. The van der Waals surface area contributed by atoms with Crippen LogP contribution in [0.1, 0.15) is 29.0 Å². The number of carbonyl (C=O) groups excluding carboxylic acids is 1. The van der Waals surface area contributed by atoms with E-state index in [1.165, 1.54) is 36.9 Å². The van der Waals surface area contributed by atoms with Crippen molar-refractivity contribution < 1.29 is 13.6 Å². The smallest absolute Gasteiger partial charge is 0.332 e. The minimum atomic E-state index is -1.01. The fourth-order valence-electron chi connectivity index (χ4n) is 2.72. The molecule has 1 aromatic carbocycles. The standard InChI is InChI=1S/C18H16F2N4O3/c1-9(10-4-6-12(19)13(20)8-10)21-16(25)14-7-5-11-15(22-14)23(2)18(27)24(3)17(11)26/h4-9H,1-3H3,(H,21,25). The van der Waals surface area contributed by atoms with Crippen molar-refractivity contribution in [2.75, 3.05) is 0 Å². The summed E-state index contributed by atoms with van der Waals surface area (Å²) >= 11 is 0. The Morgan fingerprint density at radius 1 is 1.07 bits per heavy atom. The molecule has 9 heteroatoms. The summed E-state index contributed by atoms with van der Waals surface area (Å²) in [6.45, 7) is 1.61. The second kappa shape index (κ2) is 6.75. The minimum Gasteiger partial charge on any atom is -0.344 e. The molecule has 0 saturated carbocycles. The molecule has 0 aliphatic rings. The van der Waals surface area contributed by atoms with Gasteiger partial charge in [-0.2, -0.15) is 0 Å². The van der Waals surface area contributed by atoms with Crippen molar-refractivity contribution in [1.29, 1.82) is 0 Å². The van der Waals surface area contributed by atoms with E-state index in [2.05, 4.69) is 10.3 Å². The van der Waals surface area contributed by atoms with Gasteiger partial charge in [0, 0.05) is 14.1 Å². The number of fused-ring (bicyclic) bond motifs is 1. The summed E-state index contributed by atoms with van der Waals surface area (Å²) in [5.74, 6) is -2.57. The Morgan fingerprint density at radius 3 is 2.44 bits per heavy atom. The first-order chi connectivity index (χ1) is 12.7. The maximum Gasteiger partial charge on any atom is 0.332 e. The highest BCUT2D eigenvalue weighted by atomic mass is 19.2. The Kier molecular flexibility index (Phi) is 4.61. The predicted molar refractivity (Wildman–Crippen MR) is 94.5 cm³/mol. The van der Waals surface area contributed by atoms with Crippen molar-refractivity contribution in [2.45, 2.75) is 13.0 Å². The number of hydrogen-bond acceptors (Lipinski definition) is 4. The highest BCUT2D eigenvalue weighted by Gasteiger charge is 2.17. The van der Waals surface area contributed by atoms with Crippen molar-refractivity contribution >= 4 is 16.9 Å². The molecule has 0 bridgehead atoms. The molecule has 0 aliphatic heterocycles. The van der Waals surface area contributed by atoms with Gasteiger partial charge in [0.05, 0.1) is 11.4 Å². The molecule has 7 nitrogen and oxygen atoms in total. The van der Waals surface area contributed by atoms with E-state index in [4.69, 9.17) is 0 Å². The van der Waals surface area contributed by atoms with Gasteiger partial charge in [-0.1, -0.05) is 6.07 Å². The van der Waals surface area contributed by atoms with Gasteiger partial charge in [-0.25, -0.2) is 18.6 Å². The van der Waals surface area contributed by atoms with Gasteiger partial charge in [-0.05, 0) is 36.8 Å². The molecule has 3 aromatic rings. The SMILES string of the molecule is CC(NC(=O)c1ccc2c(=O)n(C)c(=O)n(C)c2n1)c1ccc(F)c(F)c1. The lowest BCUT2D eigenvalue weighted by molar-refractivity contribution is 0.0935. The summed E-state index contributed by atoms with van der Waals surface area (Å²) in [7, 11) is 2.80. The fraction of sp³-hybridized carbons (Fsp3) is 0.222. The first-order valence-electron chi connectivity index (χ1n) is 8.03. The second-order valence-electron chi connectivity index (χ2n) is 6.14. The third kappa shape index (κ3) is 3.23. The average molecular weight is 374 g/mol. The number of carbonyl (C=O) groups is 1. The van der Waals surface area contributed by atoms with Crippen LogP contribution in [0, 0.1) is 11.6 Å². The first-order valence-corrected chi connectivity index (χ1v) is 8.03. The number of halogens is 2. The summed E-state index contributed by atoms with van der Waals surface area (Å²) < 4.78 is 28.5. The second-order valence-corrected chi connectivity index (χ2v) is 6.14. The first kappa shape index (κ1) is 18.4. The average Bonchev–Trinajstić information content (AvgIpc) is 2.66. The van der Waals surface area contributed by atoms with Crippen LogP contribution in [0.3, 0.4) is 0 Å². The number of amides is 1. The van der Waals surface area contributed by atoms with E-state index in [0.29, 0.717) is 5.56 Å². The van der Waals surface area contributed by atoms with Crippen LogP contribution in [0.15, 0.2) is 39.9 Å². The minimum absolute atomic E-state index is 0.0137. The summed E-state index contributed by atoms with van der Waals surface area (Å²) in [6.07, 6.45) is 0. The lowest BCUT2D eigenvalue weighted by Crippen LogP contribution is -2.37. The van der Waals surface area contributed by atoms with E-state index in [1.54, 1.807) is 6.92 Å². The van der Waals surface area contributed by atoms with Crippen molar-refractivity contribution in [3.8, 4) is 0 Å². The molecule has 0 aliphatic carbocycles. The van der Waals surface area contributed by atoms with Crippen LogP contribution in [-0.2, 0) is 14.1 Å². The highest BCUT2D eigenvalue weighted by molar-refractivity contribution is 5.94. The van der Waals surface area contributed by atoms with Gasteiger partial charge >= 0.3 is 5.69 Å². The van der Waals surface area contributed by atoms with Crippen molar-refractivity contribution in [1.82, 2.24) is 19.4 Å². The summed E-state index contributed by atoms with van der Waals surface area (Å²) in [4.78, 5) is 40.8. The van der Waals surface area contributed by atoms with Crippen LogP contribution < -0.4 is 16.6 Å². The molecule has 1 N–H and O–H groups in total. The van der Waals surface area contributed by atoms with Gasteiger partial charge in [0.1, 0.15) is 11.3 Å². The maximum absolute atomic E-state index is 13.4. The summed E-state index contributed by atoms with van der Waals surface area (Å²) in [5.41, 5.74) is -0.629. The number of aromatic nitrogens is 3. The molecule has 2 aromatic heterocycles. The number of pyridine rings is 1. The molecular formula is C18H16F2N4O3. The summed E-state index contributed by atoms with van der Waals surface area (Å²) in [5, 5.41) is 2.82. The lowest BCUT2D eigenvalue weighted by Gasteiger charge is -2.15. The Bertz CT molecular complexity index is 1180. The maximum atomic E-state index is 13.4. The summed E-state index contributed by atoms with van der Waals surface area (Å²) in [6, 6.07) is 5.51. The Morgan fingerprint density at radius 2 is 1.78 bits per heavy atom. The van der Waals surface area contributed by atoms with Gasteiger partial charge in [0.2, 0.25) is 0 Å². The quantitative estimate of drug-likeness (QED) is 0.751. The van der Waals surface area contributed by atoms with E-state index in [9.17, 15) is 23.2 Å². The van der Waals surface area contributed by atoms with Gasteiger partial charge in [0.25, 0.3) is 11.5 Å². The van der Waals surface area contributed by atoms with Crippen LogP contribution in [0.25, 0.3) is 11.0 Å². The Labute approximate surface area is 151 Å². The molecule has 2 heterocycles. The third-order valence-corrected chi connectivity index (χ3v) is 4.33. The normalized spacial score (nSPS) is 12.2. The molecule has 1 atom stereocenters. The molecule has 0 spiro atoms. The predicted octanol–water partition coefficient (Wildman–Crippen LogP) is 1.40. The molecule has 1 amide bonds. The van der Waals surface area contributed by atoms with Crippen molar-refractivity contribution in [3.63, 3.8) is 0 Å². The molecule has 1 unspecified atom stereocenters. The van der Waals surface area contributed by atoms with Gasteiger partial charge in [0.15, 0.2) is 11.6 Å². The number of nitrogens with zero attached hydrogens (tertiary/aromatic N) is 3. The van der Waals surface area contributed by atoms with Crippen LogP contribution >= 0.6 is 0 Å². The monoisotopic (exact) mass is 374 g/mol.